The lowest BCUT2D eigenvalue weighted by atomic mass is 10.0. The van der Waals surface area contributed by atoms with Crippen molar-refractivity contribution >= 4 is 11.5 Å². The van der Waals surface area contributed by atoms with E-state index < -0.39 is 0 Å². The first-order chi connectivity index (χ1) is 9.11. The molecule has 1 heterocycles. The summed E-state index contributed by atoms with van der Waals surface area (Å²) in [4.78, 5) is 4.32. The molecule has 1 rings (SSSR count). The Balaban J connectivity index is 2.38. The van der Waals surface area contributed by atoms with E-state index in [2.05, 4.69) is 49.4 Å². The van der Waals surface area contributed by atoms with Gasteiger partial charge in [-0.2, -0.15) is 0 Å². The van der Waals surface area contributed by atoms with Gasteiger partial charge >= 0.3 is 0 Å². The van der Waals surface area contributed by atoms with Crippen molar-refractivity contribution in [2.45, 2.75) is 59.4 Å². The normalized spacial score (nSPS) is 12.5. The number of aromatic nitrogens is 1. The van der Waals surface area contributed by atoms with Crippen LogP contribution in [-0.4, -0.2) is 17.6 Å². The fourth-order valence-electron chi connectivity index (χ4n) is 2.06. The summed E-state index contributed by atoms with van der Waals surface area (Å²) in [6, 6.07) is 4.64. The smallest absolute Gasteiger partial charge is 0.127 e. The lowest BCUT2D eigenvalue weighted by molar-refractivity contribution is 0.520. The summed E-state index contributed by atoms with van der Waals surface area (Å²) in [5, 5.41) is 6.87. The summed E-state index contributed by atoms with van der Waals surface area (Å²) in [5.74, 6) is 1.76. The summed E-state index contributed by atoms with van der Waals surface area (Å²) in [6.45, 7) is 9.95. The van der Waals surface area contributed by atoms with Crippen LogP contribution in [0.3, 0.4) is 0 Å². The van der Waals surface area contributed by atoms with Crippen LogP contribution in [0.1, 0.15) is 53.4 Å². The highest BCUT2D eigenvalue weighted by molar-refractivity contribution is 5.52. The predicted octanol–water partition coefficient (Wildman–Crippen LogP) is 4.53. The van der Waals surface area contributed by atoms with E-state index in [1.54, 1.807) is 0 Å². The molecule has 3 nitrogen and oxygen atoms in total. The SMILES string of the molecule is CCCNc1cc(NC(C)CCCC(C)C)ccn1. The topological polar surface area (TPSA) is 37.0 Å². The van der Waals surface area contributed by atoms with E-state index in [1.165, 1.54) is 19.3 Å². The van der Waals surface area contributed by atoms with Gasteiger partial charge in [0.05, 0.1) is 0 Å². The van der Waals surface area contributed by atoms with Crippen LogP contribution in [0.5, 0.6) is 0 Å². The molecule has 0 saturated heterocycles. The van der Waals surface area contributed by atoms with Crippen LogP contribution in [0.15, 0.2) is 18.3 Å². The van der Waals surface area contributed by atoms with Crippen molar-refractivity contribution < 1.29 is 0 Å². The number of rotatable bonds is 9. The van der Waals surface area contributed by atoms with Crippen LogP contribution < -0.4 is 10.6 Å². The molecule has 2 N–H and O–H groups in total. The molecule has 0 amide bonds. The van der Waals surface area contributed by atoms with Gasteiger partial charge in [-0.3, -0.25) is 0 Å². The molecular formula is C16H29N3. The monoisotopic (exact) mass is 263 g/mol. The van der Waals surface area contributed by atoms with E-state index in [9.17, 15) is 0 Å². The third kappa shape index (κ3) is 7.04. The molecule has 0 aliphatic carbocycles. The lowest BCUT2D eigenvalue weighted by Crippen LogP contribution is -2.15. The number of hydrogen-bond acceptors (Lipinski definition) is 3. The first-order valence-electron chi connectivity index (χ1n) is 7.58. The van der Waals surface area contributed by atoms with E-state index in [4.69, 9.17) is 0 Å². The van der Waals surface area contributed by atoms with Crippen LogP contribution in [0.25, 0.3) is 0 Å². The zero-order chi connectivity index (χ0) is 14.1. The predicted molar refractivity (Wildman–Crippen MR) is 84.8 cm³/mol. The zero-order valence-electron chi connectivity index (χ0n) is 12.9. The fraction of sp³-hybridized carbons (Fsp3) is 0.688. The maximum absolute atomic E-state index is 4.32. The second-order valence-electron chi connectivity index (χ2n) is 5.73. The molecule has 3 heteroatoms. The van der Waals surface area contributed by atoms with E-state index in [1.807, 2.05) is 12.3 Å². The van der Waals surface area contributed by atoms with Crippen molar-refractivity contribution in [1.29, 1.82) is 0 Å². The fourth-order valence-corrected chi connectivity index (χ4v) is 2.06. The molecular weight excluding hydrogens is 234 g/mol. The molecule has 0 bridgehead atoms. The molecule has 0 radical (unpaired) electrons. The average Bonchev–Trinajstić information content (AvgIpc) is 2.36. The van der Waals surface area contributed by atoms with Crippen LogP contribution >= 0.6 is 0 Å². The average molecular weight is 263 g/mol. The second-order valence-corrected chi connectivity index (χ2v) is 5.73. The Morgan fingerprint density at radius 3 is 2.68 bits per heavy atom. The highest BCUT2D eigenvalue weighted by Gasteiger charge is 2.04. The highest BCUT2D eigenvalue weighted by atomic mass is 15.0. The Hall–Kier alpha value is -1.25. The van der Waals surface area contributed by atoms with Gasteiger partial charge in [0.1, 0.15) is 5.82 Å². The standard InChI is InChI=1S/C16H29N3/c1-5-10-17-16-12-15(9-11-18-16)19-14(4)8-6-7-13(2)3/h9,11-14H,5-8,10H2,1-4H3,(H2,17,18,19). The Kier molecular flexibility index (Phi) is 7.31. The third-order valence-corrected chi connectivity index (χ3v) is 3.15. The first-order valence-corrected chi connectivity index (χ1v) is 7.58. The van der Waals surface area contributed by atoms with Gasteiger partial charge in [-0.15, -0.1) is 0 Å². The van der Waals surface area contributed by atoms with Crippen molar-refractivity contribution in [3.05, 3.63) is 18.3 Å². The van der Waals surface area contributed by atoms with Crippen LogP contribution in [-0.2, 0) is 0 Å². The minimum Gasteiger partial charge on any atom is -0.382 e. The maximum Gasteiger partial charge on any atom is 0.127 e. The zero-order valence-corrected chi connectivity index (χ0v) is 12.9. The summed E-state index contributed by atoms with van der Waals surface area (Å²) in [7, 11) is 0. The van der Waals surface area contributed by atoms with Gasteiger partial charge in [-0.05, 0) is 31.7 Å². The summed E-state index contributed by atoms with van der Waals surface area (Å²) in [6.07, 6.45) is 6.80. The van der Waals surface area contributed by atoms with E-state index in [0.29, 0.717) is 6.04 Å². The van der Waals surface area contributed by atoms with Crippen molar-refractivity contribution in [1.82, 2.24) is 4.98 Å². The van der Waals surface area contributed by atoms with E-state index in [0.717, 1.165) is 30.4 Å². The quantitative estimate of drug-likeness (QED) is 0.687. The molecule has 1 aromatic rings. The molecule has 0 spiro atoms. The molecule has 1 unspecified atom stereocenters. The van der Waals surface area contributed by atoms with Crippen molar-refractivity contribution in [2.24, 2.45) is 5.92 Å². The van der Waals surface area contributed by atoms with Gasteiger partial charge in [0.15, 0.2) is 0 Å². The van der Waals surface area contributed by atoms with Gasteiger partial charge in [-0.1, -0.05) is 33.6 Å². The lowest BCUT2D eigenvalue weighted by Gasteiger charge is -2.16. The number of anilines is 2. The number of hydrogen-bond donors (Lipinski definition) is 2. The number of nitrogens with zero attached hydrogens (tertiary/aromatic N) is 1. The van der Waals surface area contributed by atoms with Gasteiger partial charge in [0, 0.05) is 30.5 Å². The Morgan fingerprint density at radius 1 is 1.21 bits per heavy atom. The molecule has 108 valence electrons. The molecule has 1 aromatic heterocycles. The van der Waals surface area contributed by atoms with Crippen LogP contribution in [0.4, 0.5) is 11.5 Å². The Labute approximate surface area is 118 Å². The van der Waals surface area contributed by atoms with Crippen molar-refractivity contribution in [2.75, 3.05) is 17.2 Å². The molecule has 1 atom stereocenters. The molecule has 0 aromatic carbocycles. The van der Waals surface area contributed by atoms with Crippen LogP contribution in [0.2, 0.25) is 0 Å². The number of nitrogens with one attached hydrogen (secondary N) is 2. The number of pyridine rings is 1. The van der Waals surface area contributed by atoms with Gasteiger partial charge in [-0.25, -0.2) is 4.98 Å². The maximum atomic E-state index is 4.32. The minimum atomic E-state index is 0.514. The van der Waals surface area contributed by atoms with Crippen molar-refractivity contribution in [3.63, 3.8) is 0 Å². The Morgan fingerprint density at radius 2 is 2.00 bits per heavy atom. The van der Waals surface area contributed by atoms with Gasteiger partial charge < -0.3 is 10.6 Å². The first kappa shape index (κ1) is 15.8. The summed E-state index contributed by atoms with van der Waals surface area (Å²) >= 11 is 0. The Bertz CT molecular complexity index is 350. The highest BCUT2D eigenvalue weighted by Crippen LogP contribution is 2.16. The summed E-state index contributed by atoms with van der Waals surface area (Å²) in [5.41, 5.74) is 1.16. The van der Waals surface area contributed by atoms with Crippen molar-refractivity contribution in [3.8, 4) is 0 Å². The molecule has 19 heavy (non-hydrogen) atoms. The van der Waals surface area contributed by atoms with Gasteiger partial charge in [0.25, 0.3) is 0 Å². The minimum absolute atomic E-state index is 0.514. The van der Waals surface area contributed by atoms with Crippen LogP contribution in [0, 0.1) is 5.92 Å². The second kappa shape index (κ2) is 8.78. The summed E-state index contributed by atoms with van der Waals surface area (Å²) < 4.78 is 0. The molecule has 0 fully saturated rings. The molecule has 0 aliphatic heterocycles. The molecule has 0 aliphatic rings. The molecule has 0 saturated carbocycles. The van der Waals surface area contributed by atoms with E-state index >= 15 is 0 Å². The van der Waals surface area contributed by atoms with E-state index in [-0.39, 0.29) is 0 Å². The third-order valence-electron chi connectivity index (χ3n) is 3.15. The largest absolute Gasteiger partial charge is 0.382 e. The van der Waals surface area contributed by atoms with Gasteiger partial charge in [0.2, 0.25) is 0 Å².